The first kappa shape index (κ1) is 14.8. The Balaban J connectivity index is 1.68. The average molecular weight is 312 g/mol. The van der Waals surface area contributed by atoms with Crippen LogP contribution in [0.5, 0.6) is 0 Å². The molecule has 0 atom stereocenters. The minimum atomic E-state index is -0.700. The first-order valence-electron chi connectivity index (χ1n) is 7.91. The molecule has 1 heterocycles. The zero-order chi connectivity index (χ0) is 15.9. The van der Waals surface area contributed by atoms with Gasteiger partial charge in [0.2, 0.25) is 0 Å². The van der Waals surface area contributed by atoms with Gasteiger partial charge in [-0.2, -0.15) is 0 Å². The van der Waals surface area contributed by atoms with Gasteiger partial charge in [-0.25, -0.2) is 0 Å². The summed E-state index contributed by atoms with van der Waals surface area (Å²) in [6.07, 6.45) is -0.397. The highest BCUT2D eigenvalue weighted by atomic mass is 16.7. The number of benzene rings is 2. The molecule has 1 aliphatic heterocycles. The maximum atomic E-state index is 9.49. The van der Waals surface area contributed by atoms with Crippen molar-refractivity contribution in [1.29, 1.82) is 0 Å². The van der Waals surface area contributed by atoms with Crippen molar-refractivity contribution in [2.45, 2.75) is 12.2 Å². The van der Waals surface area contributed by atoms with Crippen molar-refractivity contribution in [1.82, 2.24) is 0 Å². The highest BCUT2D eigenvalue weighted by molar-refractivity contribution is 5.78. The molecule has 1 aliphatic carbocycles. The fourth-order valence-electron chi connectivity index (χ4n) is 3.52. The van der Waals surface area contributed by atoms with Crippen molar-refractivity contribution < 1.29 is 19.7 Å². The van der Waals surface area contributed by atoms with Crippen molar-refractivity contribution in [2.75, 3.05) is 26.4 Å². The third-order valence-corrected chi connectivity index (χ3v) is 4.93. The van der Waals surface area contributed by atoms with Gasteiger partial charge in [0.05, 0.1) is 37.8 Å². The van der Waals surface area contributed by atoms with Gasteiger partial charge in [-0.3, -0.25) is 0 Å². The van der Waals surface area contributed by atoms with Gasteiger partial charge in [-0.05, 0) is 22.3 Å². The van der Waals surface area contributed by atoms with Gasteiger partial charge in [0.25, 0.3) is 0 Å². The molecule has 2 aliphatic rings. The molecule has 4 rings (SSSR count). The van der Waals surface area contributed by atoms with E-state index in [0.717, 1.165) is 0 Å². The Morgan fingerprint density at radius 3 is 1.78 bits per heavy atom. The predicted octanol–water partition coefficient (Wildman–Crippen LogP) is 2.14. The molecule has 120 valence electrons. The molecular formula is C19H20O4. The van der Waals surface area contributed by atoms with Crippen LogP contribution in [-0.4, -0.2) is 42.9 Å². The Morgan fingerprint density at radius 2 is 1.30 bits per heavy atom. The molecule has 0 saturated carbocycles. The largest absolute Gasteiger partial charge is 0.396 e. The third kappa shape index (κ3) is 2.30. The first-order chi connectivity index (χ1) is 11.3. The van der Waals surface area contributed by atoms with Crippen LogP contribution in [0.3, 0.4) is 0 Å². The first-order valence-corrected chi connectivity index (χ1v) is 7.91. The lowest BCUT2D eigenvalue weighted by molar-refractivity contribution is -0.247. The Bertz CT molecular complexity index is 653. The normalized spacial score (nSPS) is 20.3. The molecule has 0 aromatic heterocycles. The van der Waals surface area contributed by atoms with Crippen molar-refractivity contribution in [3.05, 3.63) is 59.7 Å². The van der Waals surface area contributed by atoms with Crippen LogP contribution in [0.25, 0.3) is 11.1 Å². The summed E-state index contributed by atoms with van der Waals surface area (Å²) in [5, 5.41) is 19.0. The summed E-state index contributed by atoms with van der Waals surface area (Å²) in [4.78, 5) is 0. The van der Waals surface area contributed by atoms with Gasteiger partial charge in [0.1, 0.15) is 0 Å². The Kier molecular flexibility index (Phi) is 3.70. The zero-order valence-electron chi connectivity index (χ0n) is 12.8. The molecule has 1 saturated heterocycles. The number of fused-ring (bicyclic) bond motifs is 3. The van der Waals surface area contributed by atoms with E-state index in [0.29, 0.717) is 13.2 Å². The molecule has 1 fully saturated rings. The molecular weight excluding hydrogens is 292 g/mol. The number of aliphatic hydroxyl groups is 2. The molecule has 4 heteroatoms. The van der Waals surface area contributed by atoms with Gasteiger partial charge < -0.3 is 19.7 Å². The lowest BCUT2D eigenvalue weighted by atomic mass is 9.90. The molecule has 2 N–H and O–H groups in total. The lowest BCUT2D eigenvalue weighted by Gasteiger charge is -2.39. The van der Waals surface area contributed by atoms with Crippen LogP contribution in [-0.2, 0) is 9.47 Å². The van der Waals surface area contributed by atoms with Crippen molar-refractivity contribution in [3.63, 3.8) is 0 Å². The number of ether oxygens (including phenoxy) is 2. The molecule has 2 aromatic carbocycles. The Hall–Kier alpha value is -1.72. The van der Waals surface area contributed by atoms with Crippen LogP contribution >= 0.6 is 0 Å². The predicted molar refractivity (Wildman–Crippen MR) is 86.0 cm³/mol. The molecule has 2 aromatic rings. The third-order valence-electron chi connectivity index (χ3n) is 4.93. The fourth-order valence-corrected chi connectivity index (χ4v) is 3.52. The fraction of sp³-hybridized carbons (Fsp3) is 0.368. The van der Waals surface area contributed by atoms with Crippen LogP contribution in [0.1, 0.15) is 17.0 Å². The molecule has 0 spiro atoms. The minimum Gasteiger partial charge on any atom is -0.396 e. The summed E-state index contributed by atoms with van der Waals surface area (Å²) in [6, 6.07) is 16.6. The van der Waals surface area contributed by atoms with Crippen molar-refractivity contribution in [2.24, 2.45) is 5.41 Å². The Morgan fingerprint density at radius 1 is 0.826 bits per heavy atom. The minimum absolute atomic E-state index is 0.0257. The molecule has 0 amide bonds. The smallest absolute Gasteiger partial charge is 0.168 e. The van der Waals surface area contributed by atoms with Gasteiger partial charge >= 0.3 is 0 Å². The average Bonchev–Trinajstić information content (AvgIpc) is 2.96. The van der Waals surface area contributed by atoms with E-state index in [1.165, 1.54) is 22.3 Å². The van der Waals surface area contributed by atoms with E-state index in [2.05, 4.69) is 24.3 Å². The van der Waals surface area contributed by atoms with E-state index >= 15 is 0 Å². The van der Waals surface area contributed by atoms with Gasteiger partial charge in [-0.1, -0.05) is 48.5 Å². The van der Waals surface area contributed by atoms with E-state index in [1.807, 2.05) is 24.3 Å². The molecule has 0 unspecified atom stereocenters. The summed E-state index contributed by atoms with van der Waals surface area (Å²) >= 11 is 0. The van der Waals surface area contributed by atoms with Crippen LogP contribution < -0.4 is 0 Å². The standard InChI is InChI=1S/C19H20O4/c20-9-19(10-21)11-22-18(23-12-19)17-15-7-3-1-5-13(15)14-6-2-4-8-16(14)17/h1-8,17-18,20-21H,9-12H2. The molecule has 23 heavy (non-hydrogen) atoms. The summed E-state index contributed by atoms with van der Waals surface area (Å²) in [5.41, 5.74) is 4.16. The monoisotopic (exact) mass is 312 g/mol. The van der Waals surface area contributed by atoms with Crippen molar-refractivity contribution in [3.8, 4) is 11.1 Å². The van der Waals surface area contributed by atoms with Gasteiger partial charge in [0, 0.05) is 0 Å². The number of aliphatic hydroxyl groups excluding tert-OH is 2. The number of rotatable bonds is 3. The SMILES string of the molecule is OCC1(CO)COC(C2c3ccccc3-c3ccccc32)OC1. The summed E-state index contributed by atoms with van der Waals surface area (Å²) in [6.45, 7) is 0.305. The quantitative estimate of drug-likeness (QED) is 0.912. The lowest BCUT2D eigenvalue weighted by Crippen LogP contribution is -2.48. The van der Waals surface area contributed by atoms with Crippen LogP contribution in [0.2, 0.25) is 0 Å². The van der Waals surface area contributed by atoms with Crippen LogP contribution in [0.4, 0.5) is 0 Å². The number of hydrogen-bond acceptors (Lipinski definition) is 4. The second-order valence-electron chi connectivity index (χ2n) is 6.46. The van der Waals surface area contributed by atoms with Crippen molar-refractivity contribution >= 4 is 0 Å². The maximum Gasteiger partial charge on any atom is 0.168 e. The van der Waals surface area contributed by atoms with E-state index in [-0.39, 0.29) is 19.1 Å². The highest BCUT2D eigenvalue weighted by Gasteiger charge is 2.42. The second kappa shape index (κ2) is 5.73. The Labute approximate surface area is 135 Å². The van der Waals surface area contributed by atoms with E-state index < -0.39 is 11.7 Å². The molecule has 4 nitrogen and oxygen atoms in total. The van der Waals surface area contributed by atoms with Gasteiger partial charge in [-0.15, -0.1) is 0 Å². The summed E-state index contributed by atoms with van der Waals surface area (Å²) in [7, 11) is 0. The molecule has 0 bridgehead atoms. The zero-order valence-corrected chi connectivity index (χ0v) is 12.8. The number of hydrogen-bond donors (Lipinski definition) is 2. The van der Waals surface area contributed by atoms with E-state index in [4.69, 9.17) is 9.47 Å². The molecule has 0 radical (unpaired) electrons. The second-order valence-corrected chi connectivity index (χ2v) is 6.46. The summed E-state index contributed by atoms with van der Waals surface area (Å²) < 4.78 is 11.9. The van der Waals surface area contributed by atoms with Gasteiger partial charge in [0.15, 0.2) is 6.29 Å². The van der Waals surface area contributed by atoms with Crippen LogP contribution in [0.15, 0.2) is 48.5 Å². The highest BCUT2D eigenvalue weighted by Crippen LogP contribution is 2.48. The van der Waals surface area contributed by atoms with Crippen LogP contribution in [0, 0.1) is 5.41 Å². The maximum absolute atomic E-state index is 9.49. The van der Waals surface area contributed by atoms with E-state index in [9.17, 15) is 10.2 Å². The topological polar surface area (TPSA) is 58.9 Å². The summed E-state index contributed by atoms with van der Waals surface area (Å²) in [5.74, 6) is 0.0257. The van der Waals surface area contributed by atoms with E-state index in [1.54, 1.807) is 0 Å².